The first-order valence-corrected chi connectivity index (χ1v) is 7.39. The Morgan fingerprint density at radius 1 is 1.32 bits per heavy atom. The lowest BCUT2D eigenvalue weighted by Crippen LogP contribution is -2.53. The van der Waals surface area contributed by atoms with Gasteiger partial charge in [-0.15, -0.1) is 0 Å². The number of hydrogen-bond acceptors (Lipinski definition) is 4. The number of aromatic nitrogens is 1. The molecule has 0 aliphatic carbocycles. The number of β-amino-alcohol motifs (C(OH)–C–C–N with tert-alkyl or cyclic N) is 1. The maximum atomic E-state index is 12.7. The van der Waals surface area contributed by atoms with Crippen LogP contribution >= 0.6 is 0 Å². The molecule has 2 N–H and O–H groups in total. The van der Waals surface area contributed by atoms with E-state index in [1.165, 1.54) is 0 Å². The van der Waals surface area contributed by atoms with Gasteiger partial charge >= 0.3 is 6.18 Å². The molecule has 22 heavy (non-hydrogen) atoms. The average Bonchev–Trinajstić information content (AvgIpc) is 2.39. The molecule has 1 fully saturated rings. The third-order valence-corrected chi connectivity index (χ3v) is 3.97. The number of alkyl halides is 3. The van der Waals surface area contributed by atoms with E-state index in [-0.39, 0.29) is 12.6 Å². The minimum atomic E-state index is -4.60. The van der Waals surface area contributed by atoms with Crippen molar-refractivity contribution in [1.82, 2.24) is 9.88 Å². The van der Waals surface area contributed by atoms with Crippen molar-refractivity contribution < 1.29 is 18.3 Å². The number of hydrogen-bond donors (Lipinski definition) is 2. The lowest BCUT2D eigenvalue weighted by Gasteiger charge is -2.37. The molecular formula is C15H22F3N3O. The summed E-state index contributed by atoms with van der Waals surface area (Å²) in [6.45, 7) is 3.40. The van der Waals surface area contributed by atoms with Gasteiger partial charge < -0.3 is 10.4 Å². The molecule has 2 heterocycles. The van der Waals surface area contributed by atoms with Gasteiger partial charge in [-0.3, -0.25) is 4.90 Å². The van der Waals surface area contributed by atoms with Gasteiger partial charge in [-0.25, -0.2) is 4.98 Å². The monoisotopic (exact) mass is 317 g/mol. The van der Waals surface area contributed by atoms with Crippen molar-refractivity contribution in [2.45, 2.75) is 44.5 Å². The molecule has 1 saturated heterocycles. The van der Waals surface area contributed by atoms with Crippen LogP contribution in [0.2, 0.25) is 0 Å². The first-order valence-electron chi connectivity index (χ1n) is 7.39. The van der Waals surface area contributed by atoms with E-state index in [0.717, 1.165) is 31.3 Å². The van der Waals surface area contributed by atoms with E-state index in [1.54, 1.807) is 4.90 Å². The Balaban J connectivity index is 1.83. The number of rotatable bonds is 4. The molecule has 1 aromatic rings. The fourth-order valence-corrected chi connectivity index (χ4v) is 2.59. The summed E-state index contributed by atoms with van der Waals surface area (Å²) >= 11 is 0. The fourth-order valence-electron chi connectivity index (χ4n) is 2.59. The number of aryl methyl sites for hydroxylation is 1. The Morgan fingerprint density at radius 2 is 1.95 bits per heavy atom. The second-order valence-electron chi connectivity index (χ2n) is 6.13. The maximum absolute atomic E-state index is 12.7. The number of nitrogens with one attached hydrogen (secondary N) is 1. The van der Waals surface area contributed by atoms with Gasteiger partial charge in [-0.05, 0) is 38.8 Å². The molecule has 124 valence electrons. The predicted molar refractivity (Wildman–Crippen MR) is 78.7 cm³/mol. The molecule has 1 atom stereocenters. The van der Waals surface area contributed by atoms with E-state index in [1.807, 2.05) is 25.1 Å². The minimum Gasteiger partial charge on any atom is -0.380 e. The van der Waals surface area contributed by atoms with Crippen LogP contribution in [-0.4, -0.2) is 52.4 Å². The van der Waals surface area contributed by atoms with Crippen LogP contribution in [0.3, 0.4) is 0 Å². The zero-order valence-corrected chi connectivity index (χ0v) is 12.8. The normalized spacial score (nSPS) is 20.6. The summed E-state index contributed by atoms with van der Waals surface area (Å²) in [6, 6.07) is 5.91. The standard InChI is InChI=1S/C15H22F3N3O/c1-11-4-3-5-13(19-11)20-12-6-8-21(9-7-12)10-14(2,22)15(16,17)18/h3-5,12,22H,6-10H2,1-2H3,(H,19,20). The Labute approximate surface area is 128 Å². The SMILES string of the molecule is Cc1cccc(NC2CCN(CC(C)(O)C(F)(F)F)CC2)n1. The topological polar surface area (TPSA) is 48.4 Å². The second-order valence-corrected chi connectivity index (χ2v) is 6.13. The molecule has 0 amide bonds. The van der Waals surface area contributed by atoms with Crippen molar-refractivity contribution in [1.29, 1.82) is 0 Å². The number of pyridine rings is 1. The van der Waals surface area contributed by atoms with Crippen LogP contribution < -0.4 is 5.32 Å². The third-order valence-electron chi connectivity index (χ3n) is 3.97. The minimum absolute atomic E-state index is 0.196. The van der Waals surface area contributed by atoms with E-state index >= 15 is 0 Å². The van der Waals surface area contributed by atoms with Crippen LogP contribution in [0.4, 0.5) is 19.0 Å². The summed E-state index contributed by atoms with van der Waals surface area (Å²) < 4.78 is 38.1. The van der Waals surface area contributed by atoms with Crippen molar-refractivity contribution in [2.24, 2.45) is 0 Å². The summed E-state index contributed by atoms with van der Waals surface area (Å²) in [6.07, 6.45) is -3.15. The average molecular weight is 317 g/mol. The van der Waals surface area contributed by atoms with Gasteiger partial charge in [0.25, 0.3) is 0 Å². The highest BCUT2D eigenvalue weighted by atomic mass is 19.4. The van der Waals surface area contributed by atoms with E-state index in [0.29, 0.717) is 13.1 Å². The first kappa shape index (κ1) is 17.0. The summed E-state index contributed by atoms with van der Waals surface area (Å²) in [7, 11) is 0. The highest BCUT2D eigenvalue weighted by Gasteiger charge is 2.50. The summed E-state index contributed by atoms with van der Waals surface area (Å²) in [5.41, 5.74) is -1.74. The number of anilines is 1. The van der Waals surface area contributed by atoms with Crippen LogP contribution in [0.25, 0.3) is 0 Å². The first-order chi connectivity index (χ1) is 10.2. The molecule has 1 aromatic heterocycles. The molecule has 7 heteroatoms. The molecule has 0 saturated carbocycles. The molecule has 1 aliphatic heterocycles. The van der Waals surface area contributed by atoms with Crippen molar-refractivity contribution in [3.8, 4) is 0 Å². The molecular weight excluding hydrogens is 295 g/mol. The Morgan fingerprint density at radius 3 is 2.50 bits per heavy atom. The van der Waals surface area contributed by atoms with Crippen LogP contribution in [-0.2, 0) is 0 Å². The van der Waals surface area contributed by atoms with Gasteiger partial charge in [0.2, 0.25) is 0 Å². The van der Waals surface area contributed by atoms with E-state index in [9.17, 15) is 18.3 Å². The largest absolute Gasteiger partial charge is 0.418 e. The van der Waals surface area contributed by atoms with Crippen molar-refractivity contribution in [2.75, 3.05) is 25.0 Å². The van der Waals surface area contributed by atoms with Crippen LogP contribution in [0, 0.1) is 6.92 Å². The molecule has 1 aliphatic rings. The fraction of sp³-hybridized carbons (Fsp3) is 0.667. The van der Waals surface area contributed by atoms with E-state index in [2.05, 4.69) is 10.3 Å². The smallest absolute Gasteiger partial charge is 0.380 e. The molecule has 1 unspecified atom stereocenters. The summed E-state index contributed by atoms with van der Waals surface area (Å²) in [4.78, 5) is 6.03. The Bertz CT molecular complexity index is 497. The number of aliphatic hydroxyl groups is 1. The predicted octanol–water partition coefficient (Wildman–Crippen LogP) is 2.58. The van der Waals surface area contributed by atoms with Gasteiger partial charge in [0, 0.05) is 31.4 Å². The highest BCUT2D eigenvalue weighted by Crippen LogP contribution is 2.31. The van der Waals surface area contributed by atoms with Gasteiger partial charge in [-0.2, -0.15) is 13.2 Å². The van der Waals surface area contributed by atoms with Crippen molar-refractivity contribution in [3.63, 3.8) is 0 Å². The quantitative estimate of drug-likeness (QED) is 0.896. The lowest BCUT2D eigenvalue weighted by atomic mass is 10.0. The maximum Gasteiger partial charge on any atom is 0.418 e. The molecule has 0 aromatic carbocycles. The molecule has 4 nitrogen and oxygen atoms in total. The molecule has 0 radical (unpaired) electrons. The van der Waals surface area contributed by atoms with E-state index in [4.69, 9.17) is 0 Å². The van der Waals surface area contributed by atoms with Gasteiger partial charge in [0.05, 0.1) is 0 Å². The van der Waals surface area contributed by atoms with Crippen LogP contribution in [0.15, 0.2) is 18.2 Å². The number of nitrogens with zero attached hydrogens (tertiary/aromatic N) is 2. The van der Waals surface area contributed by atoms with E-state index < -0.39 is 11.8 Å². The van der Waals surface area contributed by atoms with Crippen LogP contribution in [0.5, 0.6) is 0 Å². The Kier molecular flexibility index (Phi) is 4.97. The highest BCUT2D eigenvalue weighted by molar-refractivity contribution is 5.36. The van der Waals surface area contributed by atoms with Gasteiger partial charge in [0.15, 0.2) is 5.60 Å². The second kappa shape index (κ2) is 6.42. The number of likely N-dealkylation sites (tertiary alicyclic amines) is 1. The number of piperidine rings is 1. The van der Waals surface area contributed by atoms with Crippen LogP contribution in [0.1, 0.15) is 25.5 Å². The van der Waals surface area contributed by atoms with Gasteiger partial charge in [-0.1, -0.05) is 6.07 Å². The lowest BCUT2D eigenvalue weighted by molar-refractivity contribution is -0.258. The third kappa shape index (κ3) is 4.33. The molecule has 2 rings (SSSR count). The zero-order valence-electron chi connectivity index (χ0n) is 12.8. The molecule has 0 bridgehead atoms. The summed E-state index contributed by atoms with van der Waals surface area (Å²) in [5.74, 6) is 0.792. The molecule has 0 spiro atoms. The summed E-state index contributed by atoms with van der Waals surface area (Å²) in [5, 5.41) is 12.9. The zero-order chi connectivity index (χ0) is 16.4. The van der Waals surface area contributed by atoms with Gasteiger partial charge in [0.1, 0.15) is 5.82 Å². The van der Waals surface area contributed by atoms with Crippen molar-refractivity contribution in [3.05, 3.63) is 23.9 Å². The number of halogens is 3. The Hall–Kier alpha value is -1.34. The van der Waals surface area contributed by atoms with Crippen molar-refractivity contribution >= 4 is 5.82 Å².